The number of hydrogen-bond acceptors (Lipinski definition) is 11. The van der Waals surface area contributed by atoms with Gasteiger partial charge in [-0.2, -0.15) is 29.3 Å². The Morgan fingerprint density at radius 2 is 2.04 bits per heavy atom. The van der Waals surface area contributed by atoms with Crippen molar-refractivity contribution in [1.29, 1.82) is 5.26 Å². The second kappa shape index (κ2) is 13.5. The Kier molecular flexibility index (Phi) is 8.78. The van der Waals surface area contributed by atoms with Crippen molar-refractivity contribution in [2.45, 2.75) is 56.3 Å². The van der Waals surface area contributed by atoms with Gasteiger partial charge >= 0.3 is 18.1 Å². The number of amides is 1. The summed E-state index contributed by atoms with van der Waals surface area (Å²) in [7, 11) is 1.80. The molecule has 5 aromatic rings. The maximum absolute atomic E-state index is 17.2. The molecule has 4 fully saturated rings. The van der Waals surface area contributed by atoms with Crippen LogP contribution >= 0.6 is 22.9 Å². The number of benzene rings is 2. The molecule has 3 aliphatic heterocycles. The number of hydrogen-bond donors (Lipinski definition) is 1. The molecule has 12 nitrogen and oxygen atoms in total. The summed E-state index contributed by atoms with van der Waals surface area (Å²) in [5.41, 5.74) is 5.56. The normalized spacial score (nSPS) is 23.9. The highest BCUT2D eigenvalue weighted by atomic mass is 35.5. The molecule has 6 heterocycles. The highest BCUT2D eigenvalue weighted by Gasteiger charge is 2.50. The molecule has 1 aliphatic carbocycles. The number of anilines is 2. The van der Waals surface area contributed by atoms with E-state index < -0.39 is 35.5 Å². The maximum Gasteiger partial charge on any atom is 0.346 e. The minimum atomic E-state index is -0.987. The van der Waals surface area contributed by atoms with Gasteiger partial charge in [-0.1, -0.05) is 24.1 Å². The maximum atomic E-state index is 17.2. The Hall–Kier alpha value is -4.79. The van der Waals surface area contributed by atoms with Gasteiger partial charge in [0, 0.05) is 61.4 Å². The molecule has 286 valence electrons. The van der Waals surface area contributed by atoms with Crippen LogP contribution in [0.2, 0.25) is 5.02 Å². The topological polar surface area (TPSA) is 142 Å². The summed E-state index contributed by atoms with van der Waals surface area (Å²) in [5.74, 6) is -0.891. The Balaban J connectivity index is 1.11. The van der Waals surface area contributed by atoms with Crippen LogP contribution in [0.25, 0.3) is 32.1 Å². The minimum Gasteiger partial charge on any atom is -0.461 e. The monoisotopic (exact) mass is 794 g/mol. The van der Waals surface area contributed by atoms with Crippen molar-refractivity contribution in [3.05, 3.63) is 52.8 Å². The van der Waals surface area contributed by atoms with E-state index in [1.54, 1.807) is 18.0 Å². The predicted octanol–water partition coefficient (Wildman–Crippen LogP) is 6.79. The molecule has 1 saturated carbocycles. The molecule has 4 aliphatic rings. The van der Waals surface area contributed by atoms with Crippen LogP contribution in [0.3, 0.4) is 0 Å². The number of halogens is 5. The third-order valence-corrected chi connectivity index (χ3v) is 13.3. The number of carbonyl (C=O) groups excluding carboxylic acids is 1. The number of ether oxygens (including phenoxy) is 1. The van der Waals surface area contributed by atoms with Gasteiger partial charge in [-0.25, -0.2) is 18.0 Å². The Labute approximate surface area is 321 Å². The lowest BCUT2D eigenvalue weighted by molar-refractivity contribution is -0.0107. The first-order valence-electron chi connectivity index (χ1n) is 18.2. The van der Waals surface area contributed by atoms with Gasteiger partial charge in [0.05, 0.1) is 20.8 Å². The van der Waals surface area contributed by atoms with E-state index in [0.29, 0.717) is 31.9 Å². The highest BCUT2D eigenvalue weighted by molar-refractivity contribution is 7.23. The lowest BCUT2D eigenvalue weighted by Gasteiger charge is -2.54. The van der Waals surface area contributed by atoms with Crippen molar-refractivity contribution in [3.63, 3.8) is 0 Å². The van der Waals surface area contributed by atoms with E-state index in [4.69, 9.17) is 27.1 Å². The number of nitrogens with zero attached hydrogens (tertiary/aromatic N) is 9. The lowest BCUT2D eigenvalue weighted by atomic mass is 9.70. The summed E-state index contributed by atoms with van der Waals surface area (Å²) < 4.78 is 67.7. The summed E-state index contributed by atoms with van der Waals surface area (Å²) >= 11 is 7.79. The third-order valence-electron chi connectivity index (χ3n) is 12.0. The van der Waals surface area contributed by atoms with Crippen LogP contribution in [0, 0.1) is 40.9 Å². The molecular weight excluding hydrogens is 760 g/mol. The van der Waals surface area contributed by atoms with Gasteiger partial charge < -0.3 is 20.3 Å². The van der Waals surface area contributed by atoms with Crippen LogP contribution < -0.4 is 15.4 Å². The average molecular weight is 795 g/mol. The third kappa shape index (κ3) is 5.83. The molecule has 55 heavy (non-hydrogen) atoms. The van der Waals surface area contributed by atoms with Crippen LogP contribution in [0.15, 0.2) is 24.5 Å². The molecule has 3 saturated heterocycles. The van der Waals surface area contributed by atoms with E-state index in [-0.39, 0.29) is 78.2 Å². The molecule has 0 bridgehead atoms. The molecule has 0 unspecified atom stereocenters. The predicted molar refractivity (Wildman–Crippen MR) is 198 cm³/mol. The highest BCUT2D eigenvalue weighted by Crippen LogP contribution is 2.47. The van der Waals surface area contributed by atoms with E-state index in [9.17, 15) is 23.2 Å². The van der Waals surface area contributed by atoms with Gasteiger partial charge in [0.1, 0.15) is 47.3 Å². The van der Waals surface area contributed by atoms with Crippen molar-refractivity contribution in [3.8, 4) is 23.2 Å². The Morgan fingerprint density at radius 3 is 2.76 bits per heavy atom. The minimum absolute atomic E-state index is 0.0169. The van der Waals surface area contributed by atoms with E-state index >= 15 is 4.39 Å². The van der Waals surface area contributed by atoms with E-state index in [1.165, 1.54) is 12.1 Å². The van der Waals surface area contributed by atoms with Crippen LogP contribution in [0.4, 0.5) is 33.2 Å². The number of rotatable bonds is 8. The summed E-state index contributed by atoms with van der Waals surface area (Å²) in [4.78, 5) is 31.8. The zero-order valence-electron chi connectivity index (χ0n) is 29.6. The lowest BCUT2D eigenvalue weighted by Crippen LogP contribution is -2.65. The van der Waals surface area contributed by atoms with Crippen molar-refractivity contribution in [2.75, 3.05) is 50.5 Å². The summed E-state index contributed by atoms with van der Waals surface area (Å²) in [6.07, 6.45) is 3.97. The molecule has 2 aromatic carbocycles. The molecule has 0 spiro atoms. The van der Waals surface area contributed by atoms with Crippen molar-refractivity contribution in [1.82, 2.24) is 34.5 Å². The molecule has 1 amide bonds. The fourth-order valence-corrected chi connectivity index (χ4v) is 10.5. The number of aromatic nitrogens is 5. The Bertz CT molecular complexity index is 2420. The largest absolute Gasteiger partial charge is 0.461 e. The second-order valence-corrected chi connectivity index (χ2v) is 16.6. The van der Waals surface area contributed by atoms with Gasteiger partial charge in [0.15, 0.2) is 5.82 Å². The summed E-state index contributed by atoms with van der Waals surface area (Å²) in [5, 5.41) is 14.0. The standard InChI is InChI=1S/C37H35ClF4N10O2S/c1-49(13-19-14-51(30(19)18-4-2-5-18)36(53)52-17-45-34(42)48-52)33-22-10-24(38)27(21-6-7-25(40)31-26(21)23(12-43)32(44)55-31)28(41)29(22)46-35(47-33)54-16-37-8-3-9-50(37)15-20(39)11-37/h6-7,10,17-20,30H,2-5,8-9,11,13-16,44H2,1H3/t19-,20-,30-,37+/m1/s1. The van der Waals surface area contributed by atoms with Gasteiger partial charge in [-0.3, -0.25) is 4.90 Å². The quantitative estimate of drug-likeness (QED) is 0.167. The smallest absolute Gasteiger partial charge is 0.346 e. The molecule has 3 aromatic heterocycles. The van der Waals surface area contributed by atoms with Crippen LogP contribution in [-0.4, -0.2) is 98.1 Å². The number of alkyl halides is 1. The van der Waals surface area contributed by atoms with Gasteiger partial charge in [-0.15, -0.1) is 16.4 Å². The molecular formula is C37H35ClF4N10O2S. The van der Waals surface area contributed by atoms with Crippen LogP contribution in [0.5, 0.6) is 6.01 Å². The zero-order valence-corrected chi connectivity index (χ0v) is 31.2. The fourth-order valence-electron chi connectivity index (χ4n) is 9.21. The molecule has 4 atom stereocenters. The average Bonchev–Trinajstić information content (AvgIpc) is 3.89. The van der Waals surface area contributed by atoms with E-state index in [1.807, 2.05) is 11.0 Å². The Morgan fingerprint density at radius 1 is 1.22 bits per heavy atom. The summed E-state index contributed by atoms with van der Waals surface area (Å²) in [6.45, 7) is 1.96. The first-order valence-corrected chi connectivity index (χ1v) is 19.4. The van der Waals surface area contributed by atoms with E-state index in [2.05, 4.69) is 20.0 Å². The van der Waals surface area contributed by atoms with Gasteiger partial charge in [0.2, 0.25) is 0 Å². The van der Waals surface area contributed by atoms with Crippen LogP contribution in [0.1, 0.15) is 44.1 Å². The molecule has 18 heteroatoms. The van der Waals surface area contributed by atoms with Gasteiger partial charge in [0.25, 0.3) is 0 Å². The zero-order chi connectivity index (χ0) is 38.3. The van der Waals surface area contributed by atoms with E-state index in [0.717, 1.165) is 61.0 Å². The SMILES string of the molecule is CN(C[C@@H]1CN(C(=O)n2cnc(F)n2)[C@@H]1C1CCC1)c1nc(OC[C@@]23CCCN2C[C@H](F)C3)nc2c(F)c(-c3ccc(F)c4sc(N)c(C#N)c34)c(Cl)cc12. The van der Waals surface area contributed by atoms with Crippen molar-refractivity contribution >= 4 is 60.8 Å². The van der Waals surface area contributed by atoms with Crippen molar-refractivity contribution < 1.29 is 27.1 Å². The first-order chi connectivity index (χ1) is 26.5. The molecule has 9 rings (SSSR count). The number of fused-ring (bicyclic) bond motifs is 3. The first kappa shape index (κ1) is 35.9. The number of nitrogens with two attached hydrogens (primary N) is 1. The second-order valence-electron chi connectivity index (χ2n) is 15.1. The van der Waals surface area contributed by atoms with Crippen LogP contribution in [-0.2, 0) is 0 Å². The number of carbonyl (C=O) groups is 1. The number of thiophene rings is 1. The molecule has 2 N–H and O–H groups in total. The number of likely N-dealkylation sites (tertiary alicyclic amines) is 1. The fraction of sp³-hybridized carbons (Fsp3) is 0.459. The molecule has 0 radical (unpaired) electrons. The number of nitriles is 1. The summed E-state index contributed by atoms with van der Waals surface area (Å²) in [6, 6.07) is 5.39. The van der Waals surface area contributed by atoms with Crippen molar-refractivity contribution in [2.24, 2.45) is 11.8 Å². The van der Waals surface area contributed by atoms with Gasteiger partial charge in [-0.05, 0) is 55.8 Å². The number of nitrogen functional groups attached to an aromatic ring is 1.